The van der Waals surface area contributed by atoms with Crippen LogP contribution < -0.4 is 11.3 Å². The number of hydrogen-bond acceptors (Lipinski definition) is 6. The lowest BCUT2D eigenvalue weighted by Crippen LogP contribution is -2.43. The predicted octanol–water partition coefficient (Wildman–Crippen LogP) is 1.09. The molecule has 1 rings (SSSR count). The van der Waals surface area contributed by atoms with Crippen LogP contribution in [0.15, 0.2) is 21.6 Å². The fraction of sp³-hybridized carbons (Fsp3) is 0.583. The molecule has 3 N–H and O–H groups in total. The Bertz CT molecular complexity index is 579. The van der Waals surface area contributed by atoms with Crippen molar-refractivity contribution in [3.63, 3.8) is 0 Å². The van der Waals surface area contributed by atoms with Crippen LogP contribution in [0.25, 0.3) is 0 Å². The number of halogens is 1. The summed E-state index contributed by atoms with van der Waals surface area (Å²) in [6, 6.07) is 1.34. The molecular weight excluding hydrogens is 358 g/mol. The molecule has 0 spiro atoms. The number of nitrogens with zero attached hydrogens (tertiary/aromatic N) is 3. The minimum Gasteiger partial charge on any atom is -0.308 e. The van der Waals surface area contributed by atoms with Crippen LogP contribution >= 0.6 is 15.9 Å². The van der Waals surface area contributed by atoms with Gasteiger partial charge in [0.1, 0.15) is 4.90 Å². The topological polar surface area (TPSA) is 91.6 Å². The van der Waals surface area contributed by atoms with Gasteiger partial charge in [-0.3, -0.25) is 0 Å². The summed E-state index contributed by atoms with van der Waals surface area (Å²) in [6.45, 7) is 4.68. The van der Waals surface area contributed by atoms with E-state index in [-0.39, 0.29) is 16.8 Å². The zero-order chi connectivity index (χ0) is 16.2. The Labute approximate surface area is 134 Å². The second-order valence-corrected chi connectivity index (χ2v) is 7.74. The normalized spacial score (nSPS) is 13.7. The third-order valence-corrected chi connectivity index (χ3v) is 5.51. The first-order valence-corrected chi connectivity index (χ1v) is 8.76. The summed E-state index contributed by atoms with van der Waals surface area (Å²) in [5.74, 6) is 5.51. The highest BCUT2D eigenvalue weighted by atomic mass is 79.9. The summed E-state index contributed by atoms with van der Waals surface area (Å²) in [6.07, 6.45) is 1.49. The number of nitrogen functional groups attached to an aromatic ring is 1. The number of hydrazine groups is 1. The van der Waals surface area contributed by atoms with Crippen molar-refractivity contribution in [2.24, 2.45) is 5.84 Å². The molecule has 0 amide bonds. The minimum absolute atomic E-state index is 0.0619. The van der Waals surface area contributed by atoms with Crippen molar-refractivity contribution in [3.05, 3.63) is 16.7 Å². The van der Waals surface area contributed by atoms with Crippen molar-refractivity contribution >= 4 is 31.8 Å². The van der Waals surface area contributed by atoms with Crippen LogP contribution in [0.4, 0.5) is 5.82 Å². The highest BCUT2D eigenvalue weighted by Crippen LogP contribution is 2.26. The van der Waals surface area contributed by atoms with Crippen molar-refractivity contribution in [1.29, 1.82) is 0 Å². The number of pyridine rings is 1. The van der Waals surface area contributed by atoms with Gasteiger partial charge in [-0.2, -0.15) is 4.31 Å². The van der Waals surface area contributed by atoms with E-state index in [1.807, 2.05) is 32.8 Å². The molecule has 21 heavy (non-hydrogen) atoms. The van der Waals surface area contributed by atoms with Gasteiger partial charge in [-0.15, -0.1) is 0 Å². The molecule has 0 aliphatic heterocycles. The van der Waals surface area contributed by atoms with Crippen molar-refractivity contribution in [3.8, 4) is 0 Å². The van der Waals surface area contributed by atoms with E-state index >= 15 is 0 Å². The molecule has 1 atom stereocenters. The molecule has 120 valence electrons. The predicted molar refractivity (Wildman–Crippen MR) is 87.3 cm³/mol. The van der Waals surface area contributed by atoms with E-state index < -0.39 is 10.0 Å². The second-order valence-electron chi connectivity index (χ2n) is 4.96. The lowest BCUT2D eigenvalue weighted by Gasteiger charge is -2.29. The number of rotatable bonds is 7. The van der Waals surface area contributed by atoms with Crippen molar-refractivity contribution in [2.75, 3.05) is 32.6 Å². The van der Waals surface area contributed by atoms with E-state index in [1.54, 1.807) is 0 Å². The Morgan fingerprint density at radius 2 is 2.10 bits per heavy atom. The van der Waals surface area contributed by atoms with Crippen molar-refractivity contribution < 1.29 is 8.42 Å². The van der Waals surface area contributed by atoms with E-state index in [0.29, 0.717) is 17.6 Å². The molecule has 0 aliphatic carbocycles. The highest BCUT2D eigenvalue weighted by Gasteiger charge is 2.30. The maximum atomic E-state index is 12.9. The summed E-state index contributed by atoms with van der Waals surface area (Å²) in [5.41, 5.74) is 2.34. The Balaban J connectivity index is 3.27. The number of nitrogens with one attached hydrogen (secondary N) is 1. The summed E-state index contributed by atoms with van der Waals surface area (Å²) >= 11 is 3.24. The zero-order valence-electron chi connectivity index (χ0n) is 12.7. The number of anilines is 1. The maximum Gasteiger partial charge on any atom is 0.247 e. The van der Waals surface area contributed by atoms with Crippen LogP contribution in [-0.4, -0.2) is 55.8 Å². The van der Waals surface area contributed by atoms with Gasteiger partial charge < -0.3 is 10.3 Å². The van der Waals surface area contributed by atoms with Gasteiger partial charge in [0, 0.05) is 29.8 Å². The molecule has 1 aromatic heterocycles. The van der Waals surface area contributed by atoms with Gasteiger partial charge in [-0.1, -0.05) is 6.92 Å². The molecule has 9 heteroatoms. The van der Waals surface area contributed by atoms with Gasteiger partial charge in [0.05, 0.1) is 0 Å². The molecule has 0 radical (unpaired) electrons. The Morgan fingerprint density at radius 1 is 1.48 bits per heavy atom. The first-order valence-electron chi connectivity index (χ1n) is 6.52. The average molecular weight is 380 g/mol. The average Bonchev–Trinajstić information content (AvgIpc) is 2.38. The number of sulfonamides is 1. The summed E-state index contributed by atoms with van der Waals surface area (Å²) in [7, 11) is 0.125. The van der Waals surface area contributed by atoms with E-state index in [4.69, 9.17) is 5.84 Å². The molecular formula is C12H22BrN5O2S. The van der Waals surface area contributed by atoms with Gasteiger partial charge in [-0.25, -0.2) is 19.2 Å². The number of aromatic nitrogens is 1. The van der Waals surface area contributed by atoms with Gasteiger partial charge in [-0.05, 0) is 43.0 Å². The Morgan fingerprint density at radius 3 is 2.57 bits per heavy atom. The SMILES string of the molecule is CCN(C(C)CN(C)C)S(=O)(=O)c1cc(Br)cnc1NN. The first-order chi connectivity index (χ1) is 9.73. The van der Waals surface area contributed by atoms with Crippen LogP contribution in [0.3, 0.4) is 0 Å². The minimum atomic E-state index is -3.69. The largest absolute Gasteiger partial charge is 0.308 e. The van der Waals surface area contributed by atoms with Gasteiger partial charge >= 0.3 is 0 Å². The quantitative estimate of drug-likeness (QED) is 0.544. The summed E-state index contributed by atoms with van der Waals surface area (Å²) in [4.78, 5) is 6.01. The molecule has 1 aromatic rings. The van der Waals surface area contributed by atoms with E-state index in [1.165, 1.54) is 16.6 Å². The smallest absolute Gasteiger partial charge is 0.247 e. The Kier molecular flexibility index (Phi) is 6.54. The fourth-order valence-electron chi connectivity index (χ4n) is 2.19. The van der Waals surface area contributed by atoms with Gasteiger partial charge in [0.15, 0.2) is 5.82 Å². The van der Waals surface area contributed by atoms with Crippen LogP contribution in [0, 0.1) is 0 Å². The van der Waals surface area contributed by atoms with Gasteiger partial charge in [0.2, 0.25) is 10.0 Å². The lowest BCUT2D eigenvalue weighted by molar-refractivity contribution is 0.271. The summed E-state index contributed by atoms with van der Waals surface area (Å²) < 4.78 is 27.8. The lowest BCUT2D eigenvalue weighted by atomic mass is 10.3. The Hall–Kier alpha value is -0.740. The molecule has 0 fully saturated rings. The molecule has 0 bridgehead atoms. The number of hydrogen-bond donors (Lipinski definition) is 2. The van der Waals surface area contributed by atoms with Gasteiger partial charge in [0.25, 0.3) is 0 Å². The third kappa shape index (κ3) is 4.36. The van der Waals surface area contributed by atoms with Crippen LogP contribution in [0.2, 0.25) is 0 Å². The van der Waals surface area contributed by atoms with E-state index in [2.05, 4.69) is 26.3 Å². The molecule has 0 aliphatic rings. The molecule has 0 aromatic carbocycles. The molecule has 1 heterocycles. The standard InChI is InChI=1S/C12H22BrN5O2S/c1-5-18(9(2)8-17(3)4)21(19,20)11-6-10(13)7-15-12(11)16-14/h6-7,9H,5,8,14H2,1-4H3,(H,15,16). The third-order valence-electron chi connectivity index (χ3n) is 2.98. The highest BCUT2D eigenvalue weighted by molar-refractivity contribution is 9.10. The van der Waals surface area contributed by atoms with E-state index in [0.717, 1.165) is 0 Å². The number of nitrogens with two attached hydrogens (primary N) is 1. The van der Waals surface area contributed by atoms with Crippen LogP contribution in [-0.2, 0) is 10.0 Å². The fourth-order valence-corrected chi connectivity index (χ4v) is 4.44. The monoisotopic (exact) mass is 379 g/mol. The van der Waals surface area contributed by atoms with Crippen LogP contribution in [0.5, 0.6) is 0 Å². The molecule has 0 saturated heterocycles. The van der Waals surface area contributed by atoms with Crippen LogP contribution in [0.1, 0.15) is 13.8 Å². The first kappa shape index (κ1) is 18.3. The number of likely N-dealkylation sites (N-methyl/N-ethyl adjacent to an activating group) is 2. The molecule has 0 saturated carbocycles. The van der Waals surface area contributed by atoms with Crippen molar-refractivity contribution in [2.45, 2.75) is 24.8 Å². The van der Waals surface area contributed by atoms with E-state index in [9.17, 15) is 8.42 Å². The second kappa shape index (κ2) is 7.50. The van der Waals surface area contributed by atoms with Crippen molar-refractivity contribution in [1.82, 2.24) is 14.2 Å². The molecule has 7 nitrogen and oxygen atoms in total. The zero-order valence-corrected chi connectivity index (χ0v) is 15.1. The molecule has 1 unspecified atom stereocenters. The maximum absolute atomic E-state index is 12.9. The summed E-state index contributed by atoms with van der Waals surface area (Å²) in [5, 5.41) is 0.